The molecule has 0 aliphatic carbocycles. The summed E-state index contributed by atoms with van der Waals surface area (Å²) >= 11 is 2.01. The van der Waals surface area contributed by atoms with E-state index >= 15 is 0 Å². The second-order valence-corrected chi connectivity index (χ2v) is 5.71. The fourth-order valence-electron chi connectivity index (χ4n) is 0.983. The zero-order chi connectivity index (χ0) is 9.61. The van der Waals surface area contributed by atoms with Gasteiger partial charge in [-0.15, -0.1) is 0 Å². The normalized spacial score (nSPS) is 14.8. The van der Waals surface area contributed by atoms with E-state index in [1.807, 2.05) is 11.8 Å². The van der Waals surface area contributed by atoms with Gasteiger partial charge in [-0.1, -0.05) is 27.7 Å². The Morgan fingerprint density at radius 2 is 1.92 bits per heavy atom. The number of rotatable bonds is 5. The molecule has 0 bridgehead atoms. The van der Waals surface area contributed by atoms with Crippen LogP contribution in [-0.2, 0) is 0 Å². The van der Waals surface area contributed by atoms with Crippen molar-refractivity contribution in [3.8, 4) is 0 Å². The van der Waals surface area contributed by atoms with Crippen molar-refractivity contribution in [3.63, 3.8) is 0 Å². The molecule has 0 aromatic heterocycles. The van der Waals surface area contributed by atoms with Crippen LogP contribution in [0, 0.1) is 5.41 Å². The van der Waals surface area contributed by atoms with Crippen LogP contribution < -0.4 is 5.73 Å². The topological polar surface area (TPSA) is 26.0 Å². The molecule has 0 spiro atoms. The van der Waals surface area contributed by atoms with Gasteiger partial charge >= 0.3 is 0 Å². The molecule has 0 aromatic carbocycles. The van der Waals surface area contributed by atoms with Crippen LogP contribution in [-0.4, -0.2) is 17.5 Å². The molecule has 0 aromatic rings. The second kappa shape index (κ2) is 5.87. The fourth-order valence-corrected chi connectivity index (χ4v) is 1.64. The van der Waals surface area contributed by atoms with Gasteiger partial charge in [0, 0.05) is 6.04 Å². The molecule has 0 saturated carbocycles. The monoisotopic (exact) mass is 189 g/mol. The van der Waals surface area contributed by atoms with E-state index in [1.165, 1.54) is 17.9 Å². The fraction of sp³-hybridized carbons (Fsp3) is 1.00. The van der Waals surface area contributed by atoms with E-state index in [-0.39, 0.29) is 5.41 Å². The summed E-state index contributed by atoms with van der Waals surface area (Å²) in [6, 6.07) is 0.356. The zero-order valence-corrected chi connectivity index (χ0v) is 9.71. The summed E-state index contributed by atoms with van der Waals surface area (Å²) in [6.45, 7) is 8.84. The predicted molar refractivity (Wildman–Crippen MR) is 59.7 cm³/mol. The summed E-state index contributed by atoms with van der Waals surface area (Å²) in [5.74, 6) is 2.49. The van der Waals surface area contributed by atoms with E-state index in [2.05, 4.69) is 27.7 Å². The molecule has 0 radical (unpaired) electrons. The zero-order valence-electron chi connectivity index (χ0n) is 8.89. The highest BCUT2D eigenvalue weighted by Crippen LogP contribution is 2.21. The second-order valence-electron chi connectivity index (χ2n) is 4.31. The quantitative estimate of drug-likeness (QED) is 0.673. The number of thioether (sulfide) groups is 1. The Hall–Kier alpha value is 0.310. The van der Waals surface area contributed by atoms with Crippen LogP contribution in [0.1, 0.15) is 40.5 Å². The Morgan fingerprint density at radius 3 is 2.33 bits per heavy atom. The lowest BCUT2D eigenvalue weighted by atomic mass is 9.85. The van der Waals surface area contributed by atoms with E-state index in [9.17, 15) is 0 Å². The van der Waals surface area contributed by atoms with E-state index in [1.54, 1.807) is 0 Å². The minimum atomic E-state index is 0.275. The number of hydrogen-bond donors (Lipinski definition) is 1. The van der Waals surface area contributed by atoms with Crippen molar-refractivity contribution in [3.05, 3.63) is 0 Å². The number of nitrogens with two attached hydrogens (primary N) is 1. The van der Waals surface area contributed by atoms with Gasteiger partial charge in [-0.2, -0.15) is 11.8 Å². The Bertz CT molecular complexity index is 107. The molecule has 0 rings (SSSR count). The van der Waals surface area contributed by atoms with Crippen molar-refractivity contribution < 1.29 is 0 Å². The lowest BCUT2D eigenvalue weighted by Gasteiger charge is -2.26. The third-order valence-electron chi connectivity index (χ3n) is 2.12. The molecule has 74 valence electrons. The number of hydrogen-bond acceptors (Lipinski definition) is 2. The lowest BCUT2D eigenvalue weighted by molar-refractivity contribution is 0.304. The van der Waals surface area contributed by atoms with Gasteiger partial charge in [0.25, 0.3) is 0 Å². The molecular weight excluding hydrogens is 166 g/mol. The van der Waals surface area contributed by atoms with Crippen LogP contribution in [0.2, 0.25) is 0 Å². The first-order valence-corrected chi connectivity index (χ1v) is 5.97. The van der Waals surface area contributed by atoms with Crippen LogP contribution in [0.4, 0.5) is 0 Å². The molecule has 12 heavy (non-hydrogen) atoms. The summed E-state index contributed by atoms with van der Waals surface area (Å²) in [5.41, 5.74) is 6.30. The minimum Gasteiger partial charge on any atom is -0.327 e. The van der Waals surface area contributed by atoms with E-state index in [4.69, 9.17) is 5.73 Å². The Kier molecular flexibility index (Phi) is 6.02. The minimum absolute atomic E-state index is 0.275. The molecule has 2 N–H and O–H groups in total. The average molecular weight is 189 g/mol. The lowest BCUT2D eigenvalue weighted by Crippen LogP contribution is -2.34. The Morgan fingerprint density at radius 1 is 1.33 bits per heavy atom. The average Bonchev–Trinajstić information content (AvgIpc) is 1.96. The smallest absolute Gasteiger partial charge is 0.00879 e. The Labute approximate surface area is 81.5 Å². The summed E-state index contributed by atoms with van der Waals surface area (Å²) in [6.07, 6.45) is 2.42. The summed E-state index contributed by atoms with van der Waals surface area (Å²) in [5, 5.41) is 0. The van der Waals surface area contributed by atoms with Crippen molar-refractivity contribution in [1.29, 1.82) is 0 Å². The molecule has 0 aliphatic heterocycles. The molecule has 0 amide bonds. The molecule has 0 fully saturated rings. The molecular formula is C10H23NS. The van der Waals surface area contributed by atoms with Crippen LogP contribution >= 0.6 is 11.8 Å². The first-order chi connectivity index (χ1) is 5.48. The maximum Gasteiger partial charge on any atom is 0.00879 e. The van der Waals surface area contributed by atoms with Gasteiger partial charge in [-0.25, -0.2) is 0 Å². The van der Waals surface area contributed by atoms with Crippen molar-refractivity contribution in [2.45, 2.75) is 46.6 Å². The molecule has 1 atom stereocenters. The molecule has 1 nitrogen and oxygen atoms in total. The SMILES string of the molecule is CCSCCCC(N)C(C)(C)C. The predicted octanol–water partition coefficient (Wildman–Crippen LogP) is 2.89. The van der Waals surface area contributed by atoms with Gasteiger partial charge in [-0.3, -0.25) is 0 Å². The third kappa shape index (κ3) is 5.90. The highest BCUT2D eigenvalue weighted by Gasteiger charge is 2.19. The molecule has 2 heteroatoms. The van der Waals surface area contributed by atoms with E-state index in [0.29, 0.717) is 6.04 Å². The van der Waals surface area contributed by atoms with Crippen LogP contribution in [0.5, 0.6) is 0 Å². The van der Waals surface area contributed by atoms with Gasteiger partial charge in [0.2, 0.25) is 0 Å². The standard InChI is InChI=1S/C10H23NS/c1-5-12-8-6-7-9(11)10(2,3)4/h9H,5-8,11H2,1-4H3. The maximum absolute atomic E-state index is 6.02. The van der Waals surface area contributed by atoms with E-state index < -0.39 is 0 Å². The summed E-state index contributed by atoms with van der Waals surface area (Å²) in [7, 11) is 0. The molecule has 1 unspecified atom stereocenters. The van der Waals surface area contributed by atoms with Crippen molar-refractivity contribution >= 4 is 11.8 Å². The first-order valence-electron chi connectivity index (χ1n) is 4.81. The first kappa shape index (κ1) is 12.3. The van der Waals surface area contributed by atoms with E-state index in [0.717, 1.165) is 6.42 Å². The van der Waals surface area contributed by atoms with Crippen molar-refractivity contribution in [2.24, 2.45) is 11.1 Å². The molecule has 0 aliphatic rings. The van der Waals surface area contributed by atoms with Crippen molar-refractivity contribution in [1.82, 2.24) is 0 Å². The highest BCUT2D eigenvalue weighted by atomic mass is 32.2. The maximum atomic E-state index is 6.02. The van der Waals surface area contributed by atoms with Gasteiger partial charge in [-0.05, 0) is 29.8 Å². The van der Waals surface area contributed by atoms with Crippen LogP contribution in [0.15, 0.2) is 0 Å². The van der Waals surface area contributed by atoms with Gasteiger partial charge in [0.1, 0.15) is 0 Å². The van der Waals surface area contributed by atoms with Gasteiger partial charge in [0.05, 0.1) is 0 Å². The van der Waals surface area contributed by atoms with Gasteiger partial charge < -0.3 is 5.73 Å². The van der Waals surface area contributed by atoms with Gasteiger partial charge in [0.15, 0.2) is 0 Å². The summed E-state index contributed by atoms with van der Waals surface area (Å²) in [4.78, 5) is 0. The molecule has 0 heterocycles. The van der Waals surface area contributed by atoms with Crippen LogP contribution in [0.3, 0.4) is 0 Å². The van der Waals surface area contributed by atoms with Crippen LogP contribution in [0.25, 0.3) is 0 Å². The Balaban J connectivity index is 3.38. The largest absolute Gasteiger partial charge is 0.327 e. The third-order valence-corrected chi connectivity index (χ3v) is 3.11. The molecule has 0 saturated heterocycles. The highest BCUT2D eigenvalue weighted by molar-refractivity contribution is 7.99. The van der Waals surface area contributed by atoms with Crippen molar-refractivity contribution in [2.75, 3.05) is 11.5 Å². The summed E-state index contributed by atoms with van der Waals surface area (Å²) < 4.78 is 0.